The Morgan fingerprint density at radius 2 is 1.54 bits per heavy atom. The summed E-state index contributed by atoms with van der Waals surface area (Å²) in [7, 11) is 1.77. The smallest absolute Gasteiger partial charge is 0.246 e. The van der Waals surface area contributed by atoms with E-state index in [0.717, 1.165) is 47.7 Å². The Kier molecular flexibility index (Phi) is 10.6. The normalized spacial score (nSPS) is 19.2. The van der Waals surface area contributed by atoms with Crippen molar-refractivity contribution in [3.63, 3.8) is 0 Å². The molecule has 1 saturated carbocycles. The number of sulfonamides is 1. The van der Waals surface area contributed by atoms with Gasteiger partial charge in [0, 0.05) is 26.2 Å². The number of hydrogen-bond donors (Lipinski definition) is 1. The van der Waals surface area contributed by atoms with E-state index in [2.05, 4.69) is 24.3 Å². The number of likely N-dealkylation sites (N-methyl/N-ethyl adjacent to an activating group) is 1. The summed E-state index contributed by atoms with van der Waals surface area (Å²) in [5.74, 6) is -0.107. The summed E-state index contributed by atoms with van der Waals surface area (Å²) in [5.41, 5.74) is 1.12. The lowest BCUT2D eigenvalue weighted by atomic mass is 9.76. The average Bonchev–Trinajstić information content (AvgIpc) is 2.87. The van der Waals surface area contributed by atoms with Crippen LogP contribution in [0.5, 0.6) is 0 Å². The van der Waals surface area contributed by atoms with Gasteiger partial charge >= 0.3 is 0 Å². The molecule has 2 aromatic rings. The number of carbonyl (C=O) groups is 1. The van der Waals surface area contributed by atoms with E-state index in [-0.39, 0.29) is 42.4 Å². The lowest BCUT2D eigenvalue weighted by molar-refractivity contribution is -0.126. The third kappa shape index (κ3) is 8.29. The van der Waals surface area contributed by atoms with Gasteiger partial charge in [0.1, 0.15) is 18.2 Å². The Hall–Kier alpha value is -2.40. The van der Waals surface area contributed by atoms with E-state index in [4.69, 9.17) is 4.74 Å². The molecule has 0 radical (unpaired) electrons. The SMILES string of the molecule is CN(C)C(c1ccc(F)cc1)C1CCC(CNC(=O)COCCN(C)S(=O)(=O)c2ccc(F)cc2)CC1. The number of ether oxygens (including phenoxy) is 1. The molecule has 0 heterocycles. The summed E-state index contributed by atoms with van der Waals surface area (Å²) in [6.45, 7) is 0.562. The molecule has 7 nitrogen and oxygen atoms in total. The summed E-state index contributed by atoms with van der Waals surface area (Å²) >= 11 is 0. The molecule has 1 aliphatic rings. The predicted octanol–water partition coefficient (Wildman–Crippen LogP) is 3.83. The molecule has 0 aliphatic heterocycles. The van der Waals surface area contributed by atoms with Gasteiger partial charge in [0.05, 0.1) is 11.5 Å². The molecule has 1 fully saturated rings. The molecule has 1 amide bonds. The fourth-order valence-corrected chi connectivity index (χ4v) is 6.09. The number of hydrogen-bond acceptors (Lipinski definition) is 5. The quantitative estimate of drug-likeness (QED) is 0.417. The van der Waals surface area contributed by atoms with Crippen LogP contribution in [0.15, 0.2) is 53.4 Å². The summed E-state index contributed by atoms with van der Waals surface area (Å²) < 4.78 is 57.9. The highest BCUT2D eigenvalue weighted by molar-refractivity contribution is 7.89. The first-order chi connectivity index (χ1) is 17.6. The van der Waals surface area contributed by atoms with Crippen LogP contribution in [-0.2, 0) is 19.6 Å². The van der Waals surface area contributed by atoms with Crippen molar-refractivity contribution in [2.24, 2.45) is 11.8 Å². The highest BCUT2D eigenvalue weighted by Gasteiger charge is 2.30. The standard InChI is InChI=1S/C27H37F2N3O4S/c1-31(2)27(22-8-10-23(28)11-9-22)21-6-4-20(5-7-21)18-30-26(33)19-36-17-16-32(3)37(34,35)25-14-12-24(29)13-15-25/h8-15,20-21,27H,4-7,16-19H2,1-3H3,(H,30,33). The summed E-state index contributed by atoms with van der Waals surface area (Å²) in [6, 6.07) is 11.6. The van der Waals surface area contributed by atoms with Gasteiger partial charge in [-0.25, -0.2) is 17.2 Å². The summed E-state index contributed by atoms with van der Waals surface area (Å²) in [5, 5.41) is 2.92. The fraction of sp³-hybridized carbons (Fsp3) is 0.519. The molecular formula is C27H37F2N3O4S. The maximum absolute atomic E-state index is 13.4. The Morgan fingerprint density at radius 3 is 2.11 bits per heavy atom. The first kappa shape index (κ1) is 29.2. The topological polar surface area (TPSA) is 79.0 Å². The third-order valence-corrected chi connectivity index (χ3v) is 8.87. The number of amides is 1. The Balaban J connectivity index is 1.35. The van der Waals surface area contributed by atoms with Gasteiger partial charge in [-0.1, -0.05) is 12.1 Å². The van der Waals surface area contributed by atoms with Gasteiger partial charge in [0.25, 0.3) is 0 Å². The molecule has 37 heavy (non-hydrogen) atoms. The molecule has 10 heteroatoms. The van der Waals surface area contributed by atoms with Crippen molar-refractivity contribution in [1.82, 2.24) is 14.5 Å². The maximum Gasteiger partial charge on any atom is 0.246 e. The Bertz CT molecular complexity index is 1100. The highest BCUT2D eigenvalue weighted by atomic mass is 32.2. The van der Waals surface area contributed by atoms with E-state index in [1.807, 2.05) is 12.1 Å². The zero-order chi connectivity index (χ0) is 27.0. The first-order valence-electron chi connectivity index (χ1n) is 12.6. The monoisotopic (exact) mass is 537 g/mol. The second kappa shape index (κ2) is 13.4. The van der Waals surface area contributed by atoms with E-state index in [1.54, 1.807) is 0 Å². The molecular weight excluding hydrogens is 500 g/mol. The number of halogens is 2. The molecule has 2 aromatic carbocycles. The van der Waals surface area contributed by atoms with E-state index in [1.165, 1.54) is 31.3 Å². The molecule has 0 spiro atoms. The van der Waals surface area contributed by atoms with E-state index < -0.39 is 15.8 Å². The van der Waals surface area contributed by atoms with Crippen LogP contribution in [0.3, 0.4) is 0 Å². The Morgan fingerprint density at radius 1 is 0.973 bits per heavy atom. The van der Waals surface area contributed by atoms with Crippen LogP contribution in [0.2, 0.25) is 0 Å². The van der Waals surface area contributed by atoms with Crippen molar-refractivity contribution in [3.05, 3.63) is 65.7 Å². The molecule has 0 bridgehead atoms. The lowest BCUT2D eigenvalue weighted by Crippen LogP contribution is -2.36. The number of benzene rings is 2. The van der Waals surface area contributed by atoms with Gasteiger partial charge in [-0.2, -0.15) is 4.31 Å². The zero-order valence-corrected chi connectivity index (χ0v) is 22.5. The minimum atomic E-state index is -3.75. The molecule has 1 atom stereocenters. The van der Waals surface area contributed by atoms with Crippen LogP contribution >= 0.6 is 0 Å². The van der Waals surface area contributed by atoms with Crippen LogP contribution in [0.25, 0.3) is 0 Å². The fourth-order valence-electron chi connectivity index (χ4n) is 4.93. The van der Waals surface area contributed by atoms with Crippen LogP contribution < -0.4 is 5.32 Å². The van der Waals surface area contributed by atoms with Crippen molar-refractivity contribution in [1.29, 1.82) is 0 Å². The number of nitrogens with one attached hydrogen (secondary N) is 1. The van der Waals surface area contributed by atoms with Gasteiger partial charge in [-0.15, -0.1) is 0 Å². The van der Waals surface area contributed by atoms with Crippen molar-refractivity contribution in [2.75, 3.05) is 47.4 Å². The summed E-state index contributed by atoms with van der Waals surface area (Å²) in [6.07, 6.45) is 4.07. The minimum absolute atomic E-state index is 0.00145. The predicted molar refractivity (Wildman–Crippen MR) is 138 cm³/mol. The van der Waals surface area contributed by atoms with Gasteiger partial charge in [-0.3, -0.25) is 4.79 Å². The van der Waals surface area contributed by atoms with Crippen molar-refractivity contribution in [2.45, 2.75) is 36.6 Å². The minimum Gasteiger partial charge on any atom is -0.370 e. The third-order valence-electron chi connectivity index (χ3n) is 7.00. The largest absolute Gasteiger partial charge is 0.370 e. The van der Waals surface area contributed by atoms with E-state index in [9.17, 15) is 22.0 Å². The number of nitrogens with zero attached hydrogens (tertiary/aromatic N) is 2. The molecule has 0 aromatic heterocycles. The molecule has 1 unspecified atom stereocenters. The van der Waals surface area contributed by atoms with Gasteiger partial charge in [0.15, 0.2) is 0 Å². The molecule has 204 valence electrons. The second-order valence-electron chi connectivity index (χ2n) is 9.88. The average molecular weight is 538 g/mol. The van der Waals surface area contributed by atoms with Crippen LogP contribution in [0.4, 0.5) is 8.78 Å². The molecule has 3 rings (SSSR count). The Labute approximate surface area is 218 Å². The second-order valence-corrected chi connectivity index (χ2v) is 11.9. The number of rotatable bonds is 12. The van der Waals surface area contributed by atoms with Crippen molar-refractivity contribution in [3.8, 4) is 0 Å². The lowest BCUT2D eigenvalue weighted by Gasteiger charge is -2.37. The first-order valence-corrected chi connectivity index (χ1v) is 14.0. The molecule has 1 N–H and O–H groups in total. The maximum atomic E-state index is 13.4. The van der Waals surface area contributed by atoms with Crippen molar-refractivity contribution >= 4 is 15.9 Å². The van der Waals surface area contributed by atoms with Gasteiger partial charge < -0.3 is 15.0 Å². The highest BCUT2D eigenvalue weighted by Crippen LogP contribution is 2.39. The van der Waals surface area contributed by atoms with Crippen LogP contribution in [0, 0.1) is 23.5 Å². The van der Waals surface area contributed by atoms with E-state index in [0.29, 0.717) is 18.4 Å². The van der Waals surface area contributed by atoms with Gasteiger partial charge in [-0.05, 0) is 93.6 Å². The number of carbonyl (C=O) groups excluding carboxylic acids is 1. The zero-order valence-electron chi connectivity index (χ0n) is 21.7. The van der Waals surface area contributed by atoms with Gasteiger partial charge in [0.2, 0.25) is 15.9 Å². The van der Waals surface area contributed by atoms with Crippen molar-refractivity contribution < 1.29 is 26.7 Å². The van der Waals surface area contributed by atoms with E-state index >= 15 is 0 Å². The van der Waals surface area contributed by atoms with Crippen LogP contribution in [-0.4, -0.2) is 71.0 Å². The molecule has 1 aliphatic carbocycles. The van der Waals surface area contributed by atoms with Crippen LogP contribution in [0.1, 0.15) is 37.3 Å². The molecule has 0 saturated heterocycles. The summed E-state index contributed by atoms with van der Waals surface area (Å²) in [4.78, 5) is 14.4.